The fourth-order valence-electron chi connectivity index (χ4n) is 3.51. The van der Waals surface area contributed by atoms with Gasteiger partial charge < -0.3 is 16.0 Å². The Balaban J connectivity index is 2.35. The Bertz CT molecular complexity index is 319. The van der Waals surface area contributed by atoms with Gasteiger partial charge in [-0.2, -0.15) is 0 Å². The van der Waals surface area contributed by atoms with Gasteiger partial charge in [0.15, 0.2) is 0 Å². The lowest BCUT2D eigenvalue weighted by Crippen LogP contribution is -2.55. The second-order valence-corrected chi connectivity index (χ2v) is 7.05. The van der Waals surface area contributed by atoms with E-state index in [1.807, 2.05) is 6.92 Å². The van der Waals surface area contributed by atoms with Gasteiger partial charge in [0.1, 0.15) is 0 Å². The summed E-state index contributed by atoms with van der Waals surface area (Å²) in [4.78, 5) is 14.3. The molecule has 0 radical (unpaired) electrons. The molecule has 0 spiro atoms. The number of rotatable bonds is 9. The van der Waals surface area contributed by atoms with Gasteiger partial charge >= 0.3 is 0 Å². The van der Waals surface area contributed by atoms with Crippen molar-refractivity contribution in [1.29, 1.82) is 0 Å². The van der Waals surface area contributed by atoms with Gasteiger partial charge in [-0.05, 0) is 72.4 Å². The van der Waals surface area contributed by atoms with Crippen molar-refractivity contribution in [3.8, 4) is 0 Å². The topological polar surface area (TPSA) is 58.4 Å². The number of carbonyl (C=O) groups is 1. The van der Waals surface area contributed by atoms with Crippen LogP contribution in [0.4, 0.5) is 0 Å². The molecule has 2 atom stereocenters. The number of unbranched alkanes of at least 4 members (excludes halogenated alkanes) is 1. The third-order valence-electron chi connectivity index (χ3n) is 4.74. The normalized spacial score (nSPS) is 23.2. The smallest absolute Gasteiger partial charge is 0.237 e. The summed E-state index contributed by atoms with van der Waals surface area (Å²) in [6, 6.07) is 1.05. The van der Waals surface area contributed by atoms with E-state index in [-0.39, 0.29) is 11.9 Å². The highest BCUT2D eigenvalue weighted by molar-refractivity contribution is 5.84. The van der Waals surface area contributed by atoms with Crippen molar-refractivity contribution in [2.24, 2.45) is 5.73 Å². The molecule has 0 aromatic rings. The van der Waals surface area contributed by atoms with Gasteiger partial charge in [-0.25, -0.2) is 0 Å². The summed E-state index contributed by atoms with van der Waals surface area (Å²) < 4.78 is 0. The summed E-state index contributed by atoms with van der Waals surface area (Å²) in [5.41, 5.74) is 5.01. The number of carbonyl (C=O) groups excluding carboxylic acids is 1. The molecule has 1 saturated heterocycles. The molecular formula is C17H35N3O. The molecule has 1 aliphatic heterocycles. The predicted octanol–water partition coefficient (Wildman–Crippen LogP) is 2.66. The average Bonchev–Trinajstić information content (AvgIpc) is 2.43. The minimum atomic E-state index is -0.569. The fourth-order valence-corrected chi connectivity index (χ4v) is 3.51. The molecule has 1 aliphatic rings. The summed E-state index contributed by atoms with van der Waals surface area (Å²) in [6.45, 7) is 10.7. The number of primary amides is 1. The highest BCUT2D eigenvalue weighted by Crippen LogP contribution is 2.21. The van der Waals surface area contributed by atoms with Gasteiger partial charge in [0.2, 0.25) is 5.91 Å². The van der Waals surface area contributed by atoms with Crippen molar-refractivity contribution in [2.45, 2.75) is 90.3 Å². The molecule has 3 N–H and O–H groups in total. The van der Waals surface area contributed by atoms with Gasteiger partial charge in [0, 0.05) is 12.1 Å². The zero-order chi connectivity index (χ0) is 15.9. The second kappa shape index (κ2) is 8.74. The average molecular weight is 297 g/mol. The maximum Gasteiger partial charge on any atom is 0.237 e. The molecule has 0 aliphatic carbocycles. The van der Waals surface area contributed by atoms with E-state index < -0.39 is 5.54 Å². The number of hydrogen-bond acceptors (Lipinski definition) is 3. The van der Waals surface area contributed by atoms with E-state index in [9.17, 15) is 4.79 Å². The zero-order valence-corrected chi connectivity index (χ0v) is 14.5. The van der Waals surface area contributed by atoms with Crippen LogP contribution >= 0.6 is 0 Å². The highest BCUT2D eigenvalue weighted by Gasteiger charge is 2.30. The van der Waals surface area contributed by atoms with E-state index in [1.165, 1.54) is 32.2 Å². The monoisotopic (exact) mass is 297 g/mol. The van der Waals surface area contributed by atoms with Crippen LogP contribution in [-0.4, -0.2) is 41.5 Å². The number of piperidine rings is 1. The van der Waals surface area contributed by atoms with E-state index in [0.717, 1.165) is 31.8 Å². The van der Waals surface area contributed by atoms with Crippen LogP contribution in [-0.2, 0) is 4.79 Å². The van der Waals surface area contributed by atoms with Crippen LogP contribution in [0.3, 0.4) is 0 Å². The highest BCUT2D eigenvalue weighted by atomic mass is 16.1. The number of nitrogens with one attached hydrogen (secondary N) is 1. The van der Waals surface area contributed by atoms with Gasteiger partial charge in [0.05, 0.1) is 5.54 Å². The third kappa shape index (κ3) is 5.95. The van der Waals surface area contributed by atoms with Gasteiger partial charge in [-0.3, -0.25) is 4.79 Å². The fraction of sp³-hybridized carbons (Fsp3) is 0.941. The molecule has 4 nitrogen and oxygen atoms in total. The minimum absolute atomic E-state index is 0.236. The Morgan fingerprint density at radius 3 is 2.67 bits per heavy atom. The molecule has 0 aromatic heterocycles. The second-order valence-electron chi connectivity index (χ2n) is 7.05. The van der Waals surface area contributed by atoms with Crippen molar-refractivity contribution in [3.05, 3.63) is 0 Å². The maximum absolute atomic E-state index is 11.7. The Morgan fingerprint density at radius 2 is 2.10 bits per heavy atom. The lowest BCUT2D eigenvalue weighted by molar-refractivity contribution is -0.124. The Hall–Kier alpha value is -0.610. The standard InChI is InChI=1S/C17H35N3O/c1-5-15-10-6-8-12-20(15)13-9-7-11-17(4,16(18)21)19-14(2)3/h14-15,19H,5-13H2,1-4H3,(H2,18,21). The molecule has 4 heteroatoms. The molecule has 0 saturated carbocycles. The molecule has 1 fully saturated rings. The maximum atomic E-state index is 11.7. The molecule has 2 unspecified atom stereocenters. The first-order valence-corrected chi connectivity index (χ1v) is 8.70. The molecular weight excluding hydrogens is 262 g/mol. The largest absolute Gasteiger partial charge is 0.368 e. The van der Waals surface area contributed by atoms with Gasteiger partial charge in [-0.15, -0.1) is 0 Å². The molecule has 21 heavy (non-hydrogen) atoms. The predicted molar refractivity (Wildman–Crippen MR) is 89.2 cm³/mol. The molecule has 0 bridgehead atoms. The van der Waals surface area contributed by atoms with Crippen molar-refractivity contribution in [1.82, 2.24) is 10.2 Å². The first kappa shape index (κ1) is 18.4. The minimum Gasteiger partial charge on any atom is -0.368 e. The van der Waals surface area contributed by atoms with Crippen molar-refractivity contribution in [3.63, 3.8) is 0 Å². The Morgan fingerprint density at radius 1 is 1.38 bits per heavy atom. The van der Waals surface area contributed by atoms with Gasteiger partial charge in [0.25, 0.3) is 0 Å². The first-order valence-electron chi connectivity index (χ1n) is 8.70. The van der Waals surface area contributed by atoms with E-state index in [0.29, 0.717) is 0 Å². The van der Waals surface area contributed by atoms with Gasteiger partial charge in [-0.1, -0.05) is 13.3 Å². The van der Waals surface area contributed by atoms with E-state index >= 15 is 0 Å². The van der Waals surface area contributed by atoms with Crippen LogP contribution in [0.25, 0.3) is 0 Å². The summed E-state index contributed by atoms with van der Waals surface area (Å²) in [5.74, 6) is -0.236. The third-order valence-corrected chi connectivity index (χ3v) is 4.74. The Labute approximate surface area is 130 Å². The van der Waals surface area contributed by atoms with Crippen LogP contribution in [0.15, 0.2) is 0 Å². The quantitative estimate of drug-likeness (QED) is 0.643. The van der Waals surface area contributed by atoms with Crippen LogP contribution in [0.5, 0.6) is 0 Å². The summed E-state index contributed by atoms with van der Waals surface area (Å²) in [7, 11) is 0. The lowest BCUT2D eigenvalue weighted by atomic mass is 9.92. The number of amides is 1. The van der Waals surface area contributed by atoms with E-state index in [1.54, 1.807) is 0 Å². The summed E-state index contributed by atoms with van der Waals surface area (Å²) in [6.07, 6.45) is 8.35. The van der Waals surface area contributed by atoms with E-state index in [2.05, 4.69) is 31.0 Å². The molecule has 1 heterocycles. The van der Waals surface area contributed by atoms with Crippen molar-refractivity contribution < 1.29 is 4.79 Å². The Kier molecular flexibility index (Phi) is 7.67. The van der Waals surface area contributed by atoms with Crippen LogP contribution in [0, 0.1) is 0 Å². The van der Waals surface area contributed by atoms with Crippen LogP contribution in [0.1, 0.15) is 72.6 Å². The van der Waals surface area contributed by atoms with E-state index in [4.69, 9.17) is 5.73 Å². The summed E-state index contributed by atoms with van der Waals surface area (Å²) in [5, 5.41) is 3.33. The SMILES string of the molecule is CCC1CCCCN1CCCCC(C)(NC(C)C)C(N)=O. The molecule has 1 amide bonds. The lowest BCUT2D eigenvalue weighted by Gasteiger charge is -2.35. The van der Waals surface area contributed by atoms with Crippen molar-refractivity contribution in [2.75, 3.05) is 13.1 Å². The number of hydrogen-bond donors (Lipinski definition) is 2. The van der Waals surface area contributed by atoms with Crippen LogP contribution < -0.4 is 11.1 Å². The van der Waals surface area contributed by atoms with Crippen molar-refractivity contribution >= 4 is 5.91 Å². The summed E-state index contributed by atoms with van der Waals surface area (Å²) >= 11 is 0. The molecule has 0 aromatic carbocycles. The number of nitrogens with two attached hydrogens (primary N) is 1. The van der Waals surface area contributed by atoms with Crippen LogP contribution in [0.2, 0.25) is 0 Å². The number of likely N-dealkylation sites (tertiary alicyclic amines) is 1. The first-order chi connectivity index (χ1) is 9.89. The zero-order valence-electron chi connectivity index (χ0n) is 14.5. The molecule has 1 rings (SSSR count). The number of nitrogens with zero attached hydrogens (tertiary/aromatic N) is 1. The molecule has 124 valence electrons.